The Morgan fingerprint density at radius 2 is 2.33 bits per heavy atom. The number of nitrogens with two attached hydrogens (primary N) is 1. The number of aliphatic hydroxyl groups is 1. The van der Waals surface area contributed by atoms with Crippen molar-refractivity contribution in [1.82, 2.24) is 0 Å². The first-order chi connectivity index (χ1) is 5.70. The fourth-order valence-corrected chi connectivity index (χ4v) is 3.01. The minimum atomic E-state index is -0.0527. The molecule has 3 heteroatoms. The molecule has 0 heterocycles. The van der Waals surface area contributed by atoms with Gasteiger partial charge in [0.15, 0.2) is 0 Å². The van der Waals surface area contributed by atoms with Gasteiger partial charge in [0.25, 0.3) is 0 Å². The lowest BCUT2D eigenvalue weighted by Gasteiger charge is -2.14. The van der Waals surface area contributed by atoms with Crippen molar-refractivity contribution in [3.05, 3.63) is 0 Å². The molecule has 1 aliphatic rings. The largest absolute Gasteiger partial charge is 0.392 e. The summed E-state index contributed by atoms with van der Waals surface area (Å²) in [4.78, 5) is 0. The van der Waals surface area contributed by atoms with Crippen molar-refractivity contribution < 1.29 is 5.11 Å². The van der Waals surface area contributed by atoms with Crippen LogP contribution in [0.4, 0.5) is 0 Å². The first kappa shape index (κ1) is 10.4. The lowest BCUT2D eigenvalue weighted by molar-refractivity contribution is 0.188. The van der Waals surface area contributed by atoms with E-state index in [2.05, 4.69) is 0 Å². The van der Waals surface area contributed by atoms with E-state index >= 15 is 0 Å². The van der Waals surface area contributed by atoms with Crippen LogP contribution >= 0.6 is 11.8 Å². The molecule has 0 aromatic rings. The van der Waals surface area contributed by atoms with Gasteiger partial charge >= 0.3 is 0 Å². The van der Waals surface area contributed by atoms with E-state index in [9.17, 15) is 5.11 Å². The minimum Gasteiger partial charge on any atom is -0.392 e. The highest BCUT2D eigenvalue weighted by Crippen LogP contribution is 2.30. The third kappa shape index (κ3) is 3.33. The molecule has 1 aliphatic carbocycles. The van der Waals surface area contributed by atoms with Gasteiger partial charge in [-0.3, -0.25) is 0 Å². The Morgan fingerprint density at radius 1 is 1.58 bits per heavy atom. The molecule has 0 aromatic carbocycles. The molecule has 1 saturated carbocycles. The Hall–Kier alpha value is 0.270. The highest BCUT2D eigenvalue weighted by Gasteiger charge is 2.24. The van der Waals surface area contributed by atoms with Crippen LogP contribution in [-0.4, -0.2) is 28.3 Å². The zero-order valence-corrected chi connectivity index (χ0v) is 8.52. The van der Waals surface area contributed by atoms with E-state index in [0.29, 0.717) is 11.3 Å². The third-order valence-corrected chi connectivity index (χ3v) is 3.77. The molecule has 3 atom stereocenters. The SMILES string of the molecule is CC(N)CCSC1CCCC1O. The van der Waals surface area contributed by atoms with E-state index in [1.165, 1.54) is 12.8 Å². The zero-order chi connectivity index (χ0) is 8.97. The molecule has 3 unspecified atom stereocenters. The van der Waals surface area contributed by atoms with Gasteiger partial charge in [-0.25, -0.2) is 0 Å². The Labute approximate surface area is 78.9 Å². The molecule has 1 fully saturated rings. The van der Waals surface area contributed by atoms with Gasteiger partial charge in [0.1, 0.15) is 0 Å². The smallest absolute Gasteiger partial charge is 0.0658 e. The maximum atomic E-state index is 9.50. The van der Waals surface area contributed by atoms with Crippen LogP contribution in [0.15, 0.2) is 0 Å². The summed E-state index contributed by atoms with van der Waals surface area (Å²) in [7, 11) is 0. The van der Waals surface area contributed by atoms with Crippen molar-refractivity contribution in [2.45, 2.75) is 50.0 Å². The van der Waals surface area contributed by atoms with Crippen LogP contribution in [-0.2, 0) is 0 Å². The summed E-state index contributed by atoms with van der Waals surface area (Å²) >= 11 is 1.89. The monoisotopic (exact) mass is 189 g/mol. The van der Waals surface area contributed by atoms with Crippen LogP contribution in [0.25, 0.3) is 0 Å². The fraction of sp³-hybridized carbons (Fsp3) is 1.00. The average molecular weight is 189 g/mol. The molecule has 0 amide bonds. The van der Waals surface area contributed by atoms with Crippen molar-refractivity contribution in [3.8, 4) is 0 Å². The van der Waals surface area contributed by atoms with Crippen molar-refractivity contribution >= 4 is 11.8 Å². The van der Waals surface area contributed by atoms with Gasteiger partial charge in [-0.15, -0.1) is 0 Å². The molecular formula is C9H19NOS. The zero-order valence-electron chi connectivity index (χ0n) is 7.70. The van der Waals surface area contributed by atoms with Gasteiger partial charge < -0.3 is 10.8 Å². The highest BCUT2D eigenvalue weighted by molar-refractivity contribution is 7.99. The van der Waals surface area contributed by atoms with E-state index in [-0.39, 0.29) is 6.10 Å². The second-order valence-corrected chi connectivity index (χ2v) is 5.02. The maximum absolute atomic E-state index is 9.50. The van der Waals surface area contributed by atoms with E-state index in [0.717, 1.165) is 18.6 Å². The van der Waals surface area contributed by atoms with Crippen molar-refractivity contribution in [1.29, 1.82) is 0 Å². The van der Waals surface area contributed by atoms with Gasteiger partial charge in [-0.2, -0.15) is 11.8 Å². The number of aliphatic hydroxyl groups excluding tert-OH is 1. The van der Waals surface area contributed by atoms with Gasteiger partial charge in [-0.1, -0.05) is 0 Å². The van der Waals surface area contributed by atoms with Gasteiger partial charge in [0, 0.05) is 11.3 Å². The third-order valence-electron chi connectivity index (χ3n) is 2.32. The quantitative estimate of drug-likeness (QED) is 0.702. The van der Waals surface area contributed by atoms with Crippen molar-refractivity contribution in [2.24, 2.45) is 5.73 Å². The topological polar surface area (TPSA) is 46.2 Å². The van der Waals surface area contributed by atoms with Crippen LogP contribution in [0.1, 0.15) is 32.6 Å². The molecule has 1 rings (SSSR count). The Morgan fingerprint density at radius 3 is 2.83 bits per heavy atom. The van der Waals surface area contributed by atoms with Crippen LogP contribution in [0.3, 0.4) is 0 Å². The number of hydrogen-bond acceptors (Lipinski definition) is 3. The average Bonchev–Trinajstić information content (AvgIpc) is 2.36. The molecule has 0 spiro atoms. The first-order valence-corrected chi connectivity index (χ1v) is 5.80. The molecule has 3 N–H and O–H groups in total. The second-order valence-electron chi connectivity index (χ2n) is 3.67. The molecule has 0 aliphatic heterocycles. The summed E-state index contributed by atoms with van der Waals surface area (Å²) < 4.78 is 0. The Balaban J connectivity index is 2.06. The highest BCUT2D eigenvalue weighted by atomic mass is 32.2. The molecule has 2 nitrogen and oxygen atoms in total. The van der Waals surface area contributed by atoms with E-state index in [1.54, 1.807) is 0 Å². The minimum absolute atomic E-state index is 0.0527. The van der Waals surface area contributed by atoms with E-state index < -0.39 is 0 Å². The van der Waals surface area contributed by atoms with Crippen molar-refractivity contribution in [2.75, 3.05) is 5.75 Å². The van der Waals surface area contributed by atoms with Crippen molar-refractivity contribution in [3.63, 3.8) is 0 Å². The first-order valence-electron chi connectivity index (χ1n) is 4.75. The number of rotatable bonds is 4. The molecule has 0 bridgehead atoms. The lowest BCUT2D eigenvalue weighted by Crippen LogP contribution is -2.19. The predicted molar refractivity (Wildman–Crippen MR) is 54.4 cm³/mol. The summed E-state index contributed by atoms with van der Waals surface area (Å²) in [5.41, 5.74) is 5.64. The summed E-state index contributed by atoms with van der Waals surface area (Å²) in [5.74, 6) is 1.10. The van der Waals surface area contributed by atoms with Crippen LogP contribution in [0.2, 0.25) is 0 Å². The van der Waals surface area contributed by atoms with Crippen LogP contribution < -0.4 is 5.73 Å². The standard InChI is InChI=1S/C9H19NOS/c1-7(10)5-6-12-9-4-2-3-8(9)11/h7-9,11H,2-6,10H2,1H3. The fourth-order valence-electron chi connectivity index (χ4n) is 1.51. The van der Waals surface area contributed by atoms with Gasteiger partial charge in [0.2, 0.25) is 0 Å². The predicted octanol–water partition coefficient (Wildman–Crippen LogP) is 1.37. The normalized spacial score (nSPS) is 32.2. The second kappa shape index (κ2) is 5.10. The van der Waals surface area contributed by atoms with Gasteiger partial charge in [-0.05, 0) is 38.4 Å². The molecular weight excluding hydrogens is 170 g/mol. The number of thioether (sulfide) groups is 1. The lowest BCUT2D eigenvalue weighted by atomic mass is 10.3. The molecule has 72 valence electrons. The summed E-state index contributed by atoms with van der Waals surface area (Å²) in [5, 5.41) is 9.99. The molecule has 12 heavy (non-hydrogen) atoms. The van der Waals surface area contributed by atoms with Crippen LogP contribution in [0.5, 0.6) is 0 Å². The molecule has 0 aromatic heterocycles. The Bertz CT molecular complexity index is 130. The summed E-state index contributed by atoms with van der Waals surface area (Å²) in [6, 6.07) is 0.302. The molecule has 0 saturated heterocycles. The molecule has 0 radical (unpaired) electrons. The summed E-state index contributed by atoms with van der Waals surface area (Å²) in [6.07, 6.45) is 4.38. The van der Waals surface area contributed by atoms with Gasteiger partial charge in [0.05, 0.1) is 6.10 Å². The van der Waals surface area contributed by atoms with E-state index in [4.69, 9.17) is 5.73 Å². The number of hydrogen-bond donors (Lipinski definition) is 2. The Kier molecular flexibility index (Phi) is 4.40. The summed E-state index contributed by atoms with van der Waals surface area (Å²) in [6.45, 7) is 2.03. The van der Waals surface area contributed by atoms with Crippen LogP contribution in [0, 0.1) is 0 Å². The maximum Gasteiger partial charge on any atom is 0.0658 e. The van der Waals surface area contributed by atoms with E-state index in [1.807, 2.05) is 18.7 Å².